The van der Waals surface area contributed by atoms with Crippen LogP contribution in [0.4, 0.5) is 4.39 Å². The van der Waals surface area contributed by atoms with E-state index in [9.17, 15) is 4.39 Å². The summed E-state index contributed by atoms with van der Waals surface area (Å²) in [4.78, 5) is 8.19. The number of nitriles is 1. The molecular formula is C13H8BFN4O3. The lowest BCUT2D eigenvalue weighted by molar-refractivity contribution is 0.283. The molecule has 0 aliphatic heterocycles. The number of aromatic nitrogens is 3. The van der Waals surface area contributed by atoms with Crippen molar-refractivity contribution in [2.24, 2.45) is 0 Å². The van der Waals surface area contributed by atoms with Crippen LogP contribution in [0.5, 0.6) is 5.88 Å². The molecule has 2 heterocycles. The maximum absolute atomic E-state index is 13.5. The van der Waals surface area contributed by atoms with Crippen molar-refractivity contribution in [1.29, 1.82) is 5.26 Å². The number of fused-ring (bicyclic) bond motifs is 1. The molecule has 1 aromatic carbocycles. The van der Waals surface area contributed by atoms with E-state index < -0.39 is 13.1 Å². The fourth-order valence-electron chi connectivity index (χ4n) is 2.02. The van der Waals surface area contributed by atoms with Crippen LogP contribution in [0.1, 0.15) is 5.56 Å². The Morgan fingerprint density at radius 3 is 2.82 bits per heavy atom. The van der Waals surface area contributed by atoms with Crippen molar-refractivity contribution >= 4 is 18.5 Å². The first-order valence-corrected chi connectivity index (χ1v) is 6.15. The van der Waals surface area contributed by atoms with Gasteiger partial charge in [-0.25, -0.2) is 9.37 Å². The quantitative estimate of drug-likeness (QED) is 0.692. The molecule has 108 valence electrons. The summed E-state index contributed by atoms with van der Waals surface area (Å²) < 4.78 is 19.6. The number of rotatable bonds is 3. The van der Waals surface area contributed by atoms with Gasteiger partial charge in [-0.1, -0.05) is 0 Å². The molecule has 0 amide bonds. The van der Waals surface area contributed by atoms with Crippen molar-refractivity contribution < 1.29 is 19.1 Å². The number of hydrogen-bond donors (Lipinski definition) is 2. The van der Waals surface area contributed by atoms with Crippen LogP contribution in [-0.2, 0) is 0 Å². The first-order chi connectivity index (χ1) is 10.6. The van der Waals surface area contributed by atoms with Crippen LogP contribution < -0.4 is 4.65 Å². The van der Waals surface area contributed by atoms with Gasteiger partial charge < -0.3 is 14.7 Å². The first kappa shape index (κ1) is 14.0. The summed E-state index contributed by atoms with van der Waals surface area (Å²) in [5.41, 5.74) is 1.29. The number of halogens is 1. The Labute approximate surface area is 124 Å². The summed E-state index contributed by atoms with van der Waals surface area (Å²) in [6.07, 6.45) is 1.40. The van der Waals surface area contributed by atoms with Gasteiger partial charge in [0.2, 0.25) is 5.88 Å². The van der Waals surface area contributed by atoms with Crippen LogP contribution >= 0.6 is 0 Å². The number of imidazole rings is 1. The zero-order chi connectivity index (χ0) is 15.7. The minimum Gasteiger partial charge on any atom is -0.498 e. The third kappa shape index (κ3) is 2.48. The number of benzene rings is 1. The Hall–Kier alpha value is -2.96. The van der Waals surface area contributed by atoms with Gasteiger partial charge in [-0.05, 0) is 24.3 Å². The van der Waals surface area contributed by atoms with Gasteiger partial charge in [-0.2, -0.15) is 10.2 Å². The topological polar surface area (TPSA) is 104 Å². The molecule has 22 heavy (non-hydrogen) atoms. The van der Waals surface area contributed by atoms with Crippen LogP contribution in [0.2, 0.25) is 0 Å². The van der Waals surface area contributed by atoms with E-state index in [0.29, 0.717) is 11.2 Å². The largest absolute Gasteiger partial charge is 0.708 e. The molecule has 0 radical (unpaired) electrons. The van der Waals surface area contributed by atoms with Crippen molar-refractivity contribution in [1.82, 2.24) is 14.5 Å². The summed E-state index contributed by atoms with van der Waals surface area (Å²) in [7, 11) is -2.01. The van der Waals surface area contributed by atoms with E-state index in [1.165, 1.54) is 35.2 Å². The molecule has 0 saturated carbocycles. The van der Waals surface area contributed by atoms with Gasteiger partial charge in [-0.15, -0.1) is 0 Å². The Morgan fingerprint density at radius 1 is 1.27 bits per heavy atom. The highest BCUT2D eigenvalue weighted by atomic mass is 19.1. The molecule has 0 aliphatic carbocycles. The SMILES string of the molecule is N#Cc1ccc(F)cc1-n1cnc2ccc(OB(O)O)nc21. The minimum atomic E-state index is -2.01. The minimum absolute atomic E-state index is 0.0424. The fraction of sp³-hybridized carbons (Fsp3) is 0. The van der Waals surface area contributed by atoms with E-state index in [1.54, 1.807) is 6.07 Å². The molecule has 0 aliphatic rings. The lowest BCUT2D eigenvalue weighted by Gasteiger charge is -2.07. The molecule has 0 unspecified atom stereocenters. The van der Waals surface area contributed by atoms with Gasteiger partial charge in [0.1, 0.15) is 23.7 Å². The second-order valence-electron chi connectivity index (χ2n) is 4.32. The second-order valence-corrected chi connectivity index (χ2v) is 4.32. The molecule has 0 bridgehead atoms. The average molecular weight is 298 g/mol. The zero-order valence-corrected chi connectivity index (χ0v) is 11.0. The molecule has 0 saturated heterocycles. The Balaban J connectivity index is 2.19. The summed E-state index contributed by atoms with van der Waals surface area (Å²) in [5.74, 6) is -0.548. The highest BCUT2D eigenvalue weighted by Gasteiger charge is 2.15. The molecule has 0 atom stereocenters. The molecule has 2 N–H and O–H groups in total. The summed E-state index contributed by atoms with van der Waals surface area (Å²) in [5, 5.41) is 26.8. The van der Waals surface area contributed by atoms with E-state index in [4.69, 9.17) is 15.3 Å². The van der Waals surface area contributed by atoms with Crippen LogP contribution in [0.25, 0.3) is 16.9 Å². The van der Waals surface area contributed by atoms with Crippen molar-refractivity contribution in [3.63, 3.8) is 0 Å². The zero-order valence-electron chi connectivity index (χ0n) is 11.0. The molecule has 9 heteroatoms. The van der Waals surface area contributed by atoms with Gasteiger partial charge in [-0.3, -0.25) is 4.57 Å². The highest BCUT2D eigenvalue weighted by molar-refractivity contribution is 6.33. The van der Waals surface area contributed by atoms with E-state index in [2.05, 4.69) is 14.6 Å². The van der Waals surface area contributed by atoms with Crippen LogP contribution in [-0.4, -0.2) is 31.9 Å². The summed E-state index contributed by atoms with van der Waals surface area (Å²) in [6.45, 7) is 0. The number of nitrogens with zero attached hydrogens (tertiary/aromatic N) is 4. The van der Waals surface area contributed by atoms with Crippen LogP contribution in [0.15, 0.2) is 36.7 Å². The third-order valence-electron chi connectivity index (χ3n) is 2.94. The lowest BCUT2D eigenvalue weighted by atomic mass is 10.2. The fourth-order valence-corrected chi connectivity index (χ4v) is 2.02. The highest BCUT2D eigenvalue weighted by Crippen LogP contribution is 2.22. The third-order valence-corrected chi connectivity index (χ3v) is 2.94. The predicted octanol–water partition coefficient (Wildman–Crippen LogP) is 0.780. The molecule has 0 spiro atoms. The van der Waals surface area contributed by atoms with Gasteiger partial charge in [0.05, 0.1) is 11.3 Å². The molecular weight excluding hydrogens is 290 g/mol. The second kappa shape index (κ2) is 5.44. The summed E-state index contributed by atoms with van der Waals surface area (Å²) in [6, 6.07) is 8.67. The van der Waals surface area contributed by atoms with Crippen molar-refractivity contribution in [2.45, 2.75) is 0 Å². The standard InChI is InChI=1S/C13H8BFN4O3/c15-9-2-1-8(6-16)11(5-9)19-7-17-10-3-4-12(18-13(10)19)22-14(20)21/h1-5,7,20-21H. The Bertz CT molecular complexity index is 891. The monoisotopic (exact) mass is 298 g/mol. The van der Waals surface area contributed by atoms with E-state index in [-0.39, 0.29) is 17.1 Å². The predicted molar refractivity (Wildman–Crippen MR) is 74.4 cm³/mol. The molecule has 3 rings (SSSR count). The van der Waals surface area contributed by atoms with Crippen molar-refractivity contribution in [2.75, 3.05) is 0 Å². The number of hydrogen-bond acceptors (Lipinski definition) is 6. The average Bonchev–Trinajstić information content (AvgIpc) is 2.89. The molecule has 3 aromatic rings. The number of pyridine rings is 1. The Morgan fingerprint density at radius 2 is 2.09 bits per heavy atom. The van der Waals surface area contributed by atoms with Gasteiger partial charge in [0, 0.05) is 6.07 Å². The molecule has 2 aromatic heterocycles. The van der Waals surface area contributed by atoms with Gasteiger partial charge in [0.15, 0.2) is 5.65 Å². The van der Waals surface area contributed by atoms with E-state index in [1.807, 2.05) is 6.07 Å². The van der Waals surface area contributed by atoms with E-state index in [0.717, 1.165) is 0 Å². The van der Waals surface area contributed by atoms with Crippen LogP contribution in [0.3, 0.4) is 0 Å². The Kier molecular flexibility index (Phi) is 3.46. The maximum Gasteiger partial charge on any atom is 0.708 e. The maximum atomic E-state index is 13.5. The smallest absolute Gasteiger partial charge is 0.498 e. The van der Waals surface area contributed by atoms with Crippen LogP contribution in [0, 0.1) is 17.1 Å². The molecule has 0 fully saturated rings. The van der Waals surface area contributed by atoms with Crippen molar-refractivity contribution in [3.05, 3.63) is 48.0 Å². The van der Waals surface area contributed by atoms with Gasteiger partial charge >= 0.3 is 7.32 Å². The first-order valence-electron chi connectivity index (χ1n) is 6.15. The lowest BCUT2D eigenvalue weighted by Crippen LogP contribution is -2.21. The normalized spacial score (nSPS) is 10.5. The van der Waals surface area contributed by atoms with E-state index >= 15 is 0 Å². The van der Waals surface area contributed by atoms with Gasteiger partial charge in [0.25, 0.3) is 0 Å². The summed E-state index contributed by atoms with van der Waals surface area (Å²) >= 11 is 0. The van der Waals surface area contributed by atoms with Crippen molar-refractivity contribution in [3.8, 4) is 17.6 Å². The molecule has 7 nitrogen and oxygen atoms in total.